The number of rotatable bonds is 6. The number of benzene rings is 1. The molecule has 1 N–H and O–H groups in total. The molecule has 0 amide bonds. The van der Waals surface area contributed by atoms with E-state index < -0.39 is 0 Å². The number of aryl methyl sites for hydroxylation is 1. The van der Waals surface area contributed by atoms with Crippen LogP contribution in [0.3, 0.4) is 0 Å². The second kappa shape index (κ2) is 6.68. The molecule has 1 heterocycles. The average Bonchev–Trinajstić information content (AvgIpc) is 2.83. The van der Waals surface area contributed by atoms with Crippen LogP contribution in [0.2, 0.25) is 0 Å². The second-order valence-corrected chi connectivity index (χ2v) is 5.75. The molecule has 0 spiro atoms. The number of hydrogen-bond acceptors (Lipinski definition) is 4. The summed E-state index contributed by atoms with van der Waals surface area (Å²) in [6.07, 6.45) is 2.80. The summed E-state index contributed by atoms with van der Waals surface area (Å²) in [7, 11) is 1.95. The van der Waals surface area contributed by atoms with E-state index in [1.165, 1.54) is 16.0 Å². The molecule has 0 aliphatic carbocycles. The Hall–Kier alpha value is -1.39. The molecule has 0 unspecified atom stereocenters. The van der Waals surface area contributed by atoms with E-state index in [9.17, 15) is 0 Å². The Morgan fingerprint density at radius 3 is 2.95 bits per heavy atom. The van der Waals surface area contributed by atoms with E-state index in [2.05, 4.69) is 30.2 Å². The molecule has 2 aromatic rings. The molecule has 0 saturated carbocycles. The number of thiazole rings is 1. The summed E-state index contributed by atoms with van der Waals surface area (Å²) in [6.45, 7) is 5.76. The van der Waals surface area contributed by atoms with Gasteiger partial charge in [0.05, 0.1) is 11.6 Å². The van der Waals surface area contributed by atoms with Gasteiger partial charge in [-0.3, -0.25) is 0 Å². The lowest BCUT2D eigenvalue weighted by atomic mass is 10.1. The molecule has 0 fully saturated rings. The zero-order valence-corrected chi connectivity index (χ0v) is 12.5. The molecule has 0 aliphatic heterocycles. The third kappa shape index (κ3) is 3.78. The monoisotopic (exact) mass is 276 g/mol. The van der Waals surface area contributed by atoms with Crippen molar-refractivity contribution in [3.8, 4) is 5.75 Å². The molecule has 102 valence electrons. The maximum Gasteiger partial charge on any atom is 0.122 e. The van der Waals surface area contributed by atoms with E-state index in [0.717, 1.165) is 23.7 Å². The molecule has 0 saturated heterocycles. The van der Waals surface area contributed by atoms with Crippen LogP contribution in [0.15, 0.2) is 24.4 Å². The van der Waals surface area contributed by atoms with Crippen LogP contribution < -0.4 is 10.1 Å². The first kappa shape index (κ1) is 14.0. The summed E-state index contributed by atoms with van der Waals surface area (Å²) >= 11 is 1.75. The minimum Gasteiger partial charge on any atom is -0.493 e. The largest absolute Gasteiger partial charge is 0.493 e. The number of aromatic nitrogens is 1. The van der Waals surface area contributed by atoms with Gasteiger partial charge in [0.15, 0.2) is 0 Å². The molecule has 4 heteroatoms. The van der Waals surface area contributed by atoms with Gasteiger partial charge >= 0.3 is 0 Å². The van der Waals surface area contributed by atoms with E-state index in [1.807, 2.05) is 25.4 Å². The van der Waals surface area contributed by atoms with Gasteiger partial charge in [0.2, 0.25) is 0 Å². The molecule has 2 rings (SSSR count). The van der Waals surface area contributed by atoms with Gasteiger partial charge in [-0.25, -0.2) is 4.98 Å². The highest BCUT2D eigenvalue weighted by atomic mass is 32.1. The quantitative estimate of drug-likeness (QED) is 0.880. The van der Waals surface area contributed by atoms with Gasteiger partial charge in [0.25, 0.3) is 0 Å². The zero-order chi connectivity index (χ0) is 13.7. The number of nitrogens with one attached hydrogen (secondary N) is 1. The minimum absolute atomic E-state index is 0.677. The lowest BCUT2D eigenvalue weighted by Gasteiger charge is -2.09. The van der Waals surface area contributed by atoms with E-state index in [1.54, 1.807) is 11.3 Å². The Kier molecular flexibility index (Phi) is 4.93. The van der Waals surface area contributed by atoms with Gasteiger partial charge in [0, 0.05) is 24.0 Å². The van der Waals surface area contributed by atoms with Gasteiger partial charge in [-0.15, -0.1) is 11.3 Å². The third-order valence-corrected chi connectivity index (χ3v) is 4.14. The van der Waals surface area contributed by atoms with Crippen molar-refractivity contribution < 1.29 is 4.74 Å². The van der Waals surface area contributed by atoms with Gasteiger partial charge in [-0.05, 0) is 38.1 Å². The van der Waals surface area contributed by atoms with Crippen LogP contribution in [-0.2, 0) is 13.0 Å². The summed E-state index contributed by atoms with van der Waals surface area (Å²) in [5.74, 6) is 0.979. The van der Waals surface area contributed by atoms with Crippen molar-refractivity contribution in [2.24, 2.45) is 0 Å². The van der Waals surface area contributed by atoms with Gasteiger partial charge in [-0.2, -0.15) is 0 Å². The van der Waals surface area contributed by atoms with Crippen molar-refractivity contribution in [3.63, 3.8) is 0 Å². The van der Waals surface area contributed by atoms with Crippen LogP contribution >= 0.6 is 11.3 Å². The predicted octanol–water partition coefficient (Wildman–Crippen LogP) is 3.10. The molecule has 1 aromatic carbocycles. The van der Waals surface area contributed by atoms with E-state index in [0.29, 0.717) is 6.61 Å². The minimum atomic E-state index is 0.677. The number of hydrogen-bond donors (Lipinski definition) is 1. The Bertz CT molecular complexity index is 537. The third-order valence-electron chi connectivity index (χ3n) is 3.08. The molecule has 3 nitrogen and oxygen atoms in total. The Balaban J connectivity index is 1.87. The fraction of sp³-hybridized carbons (Fsp3) is 0.400. The highest BCUT2D eigenvalue weighted by Gasteiger charge is 2.04. The van der Waals surface area contributed by atoms with Crippen molar-refractivity contribution in [2.75, 3.05) is 13.7 Å². The molecule has 1 aromatic heterocycles. The lowest BCUT2D eigenvalue weighted by Crippen LogP contribution is -2.03. The fourth-order valence-electron chi connectivity index (χ4n) is 1.85. The molecule has 0 bridgehead atoms. The van der Waals surface area contributed by atoms with Gasteiger partial charge in [-0.1, -0.05) is 12.1 Å². The highest BCUT2D eigenvalue weighted by Crippen LogP contribution is 2.21. The summed E-state index contributed by atoms with van der Waals surface area (Å²) < 4.78 is 5.84. The standard InChI is InChI=1S/C15H20N2OS/c1-11-5-4-6-14(12(11)2)18-8-7-15-17-10-13(19-15)9-16-3/h4-6,10,16H,7-9H2,1-3H3. The maximum atomic E-state index is 5.84. The second-order valence-electron chi connectivity index (χ2n) is 4.55. The van der Waals surface area contributed by atoms with E-state index >= 15 is 0 Å². The summed E-state index contributed by atoms with van der Waals surface area (Å²) in [5.41, 5.74) is 2.49. The van der Waals surface area contributed by atoms with Crippen molar-refractivity contribution >= 4 is 11.3 Å². The van der Waals surface area contributed by atoms with Gasteiger partial charge < -0.3 is 10.1 Å². The van der Waals surface area contributed by atoms with Crippen LogP contribution in [0.5, 0.6) is 5.75 Å². The fourth-order valence-corrected chi connectivity index (χ4v) is 2.76. The smallest absolute Gasteiger partial charge is 0.122 e. The van der Waals surface area contributed by atoms with Crippen LogP contribution in [0, 0.1) is 13.8 Å². The first-order valence-electron chi connectivity index (χ1n) is 6.48. The van der Waals surface area contributed by atoms with E-state index in [4.69, 9.17) is 4.74 Å². The number of nitrogens with zero attached hydrogens (tertiary/aromatic N) is 1. The first-order chi connectivity index (χ1) is 9.20. The van der Waals surface area contributed by atoms with E-state index in [-0.39, 0.29) is 0 Å². The van der Waals surface area contributed by atoms with Crippen LogP contribution in [-0.4, -0.2) is 18.6 Å². The molecular weight excluding hydrogens is 256 g/mol. The molecular formula is C15H20N2OS. The molecule has 0 radical (unpaired) electrons. The summed E-state index contributed by atoms with van der Waals surface area (Å²) in [4.78, 5) is 5.67. The first-order valence-corrected chi connectivity index (χ1v) is 7.29. The summed E-state index contributed by atoms with van der Waals surface area (Å²) in [5, 5.41) is 4.27. The molecule has 0 atom stereocenters. The highest BCUT2D eigenvalue weighted by molar-refractivity contribution is 7.11. The average molecular weight is 276 g/mol. The van der Waals surface area contributed by atoms with Crippen LogP contribution in [0.4, 0.5) is 0 Å². The Morgan fingerprint density at radius 2 is 2.16 bits per heavy atom. The lowest BCUT2D eigenvalue weighted by molar-refractivity contribution is 0.319. The normalized spacial score (nSPS) is 10.7. The predicted molar refractivity (Wildman–Crippen MR) is 80.0 cm³/mol. The topological polar surface area (TPSA) is 34.2 Å². The SMILES string of the molecule is CNCc1cnc(CCOc2cccc(C)c2C)s1. The van der Waals surface area contributed by atoms with Crippen LogP contribution in [0.1, 0.15) is 21.0 Å². The Morgan fingerprint density at radius 1 is 1.32 bits per heavy atom. The number of ether oxygens (including phenoxy) is 1. The van der Waals surface area contributed by atoms with Gasteiger partial charge in [0.1, 0.15) is 5.75 Å². The maximum absolute atomic E-state index is 5.84. The molecule has 19 heavy (non-hydrogen) atoms. The van der Waals surface area contributed by atoms with Crippen molar-refractivity contribution in [1.29, 1.82) is 0 Å². The zero-order valence-electron chi connectivity index (χ0n) is 11.7. The van der Waals surface area contributed by atoms with Crippen molar-refractivity contribution in [1.82, 2.24) is 10.3 Å². The Labute approximate surface area is 118 Å². The molecule has 0 aliphatic rings. The van der Waals surface area contributed by atoms with Crippen molar-refractivity contribution in [3.05, 3.63) is 45.4 Å². The van der Waals surface area contributed by atoms with Crippen LogP contribution in [0.25, 0.3) is 0 Å². The van der Waals surface area contributed by atoms with Crippen molar-refractivity contribution in [2.45, 2.75) is 26.8 Å². The summed E-state index contributed by atoms with van der Waals surface area (Å²) in [6, 6.07) is 6.16.